The average molecular weight is 242 g/mol. The molecule has 0 aliphatic carbocycles. The maximum absolute atomic E-state index is 11.4. The molecule has 3 heterocycles. The molecule has 2 aromatic heterocycles. The molecule has 6 heteroatoms. The fraction of sp³-hybridized carbons (Fsp3) is 0.500. The Morgan fingerprint density at radius 1 is 1.44 bits per heavy atom. The van der Waals surface area contributed by atoms with Gasteiger partial charge < -0.3 is 9.79 Å². The Balaban J connectivity index is 2.07. The van der Waals surface area contributed by atoms with Crippen LogP contribution in [0.2, 0.25) is 0 Å². The molecule has 0 amide bonds. The van der Waals surface area contributed by atoms with E-state index in [1.54, 1.807) is 10.6 Å². The number of nitrogens with zero attached hydrogens (tertiary/aromatic N) is 3. The van der Waals surface area contributed by atoms with E-state index in [0.29, 0.717) is 0 Å². The van der Waals surface area contributed by atoms with Crippen LogP contribution in [0.25, 0.3) is 5.65 Å². The number of H-pyrrole nitrogens is 1. The van der Waals surface area contributed by atoms with Gasteiger partial charge in [-0.2, -0.15) is 5.10 Å². The third-order valence-corrected chi connectivity index (χ3v) is 3.54. The Morgan fingerprint density at radius 3 is 3.06 bits per heavy atom. The number of aromatic nitrogens is 3. The van der Waals surface area contributed by atoms with Gasteiger partial charge in [0.15, 0.2) is 7.98 Å². The molecular weight excluding hydrogens is 227 g/mol. The van der Waals surface area contributed by atoms with Crippen molar-refractivity contribution in [3.05, 3.63) is 33.9 Å². The smallest absolute Gasteiger partial charge is 0.251 e. The summed E-state index contributed by atoms with van der Waals surface area (Å²) in [4.78, 5) is 16.1. The highest BCUT2D eigenvalue weighted by atomic mass is 16.1. The lowest BCUT2D eigenvalue weighted by molar-refractivity contribution is 0.261. The lowest BCUT2D eigenvalue weighted by atomic mass is 9.96. The minimum Gasteiger partial charge on any atom is -0.346 e. The summed E-state index contributed by atoms with van der Waals surface area (Å²) in [5, 5.41) is 4.55. The van der Waals surface area contributed by atoms with Gasteiger partial charge in [-0.05, 0) is 26.3 Å². The fourth-order valence-electron chi connectivity index (χ4n) is 2.60. The summed E-state index contributed by atoms with van der Waals surface area (Å²) < 4.78 is 1.76. The highest BCUT2D eigenvalue weighted by molar-refractivity contribution is 6.04. The van der Waals surface area contributed by atoms with Crippen LogP contribution in [0, 0.1) is 6.92 Å². The molecule has 1 saturated heterocycles. The maximum Gasteiger partial charge on any atom is 0.251 e. The minimum absolute atomic E-state index is 0.0975. The highest BCUT2D eigenvalue weighted by Gasteiger charge is 2.23. The molecule has 1 N–H and O–H groups in total. The summed E-state index contributed by atoms with van der Waals surface area (Å²) in [7, 11) is 6.01. The molecule has 1 aliphatic heterocycles. The van der Waals surface area contributed by atoms with E-state index in [2.05, 4.69) is 10.1 Å². The predicted octanol–water partition coefficient (Wildman–Crippen LogP) is 0.942. The summed E-state index contributed by atoms with van der Waals surface area (Å²) in [5.74, 6) is 0. The van der Waals surface area contributed by atoms with E-state index in [1.807, 2.05) is 17.8 Å². The van der Waals surface area contributed by atoms with Gasteiger partial charge in [0, 0.05) is 23.9 Å². The lowest BCUT2D eigenvalue weighted by Gasteiger charge is -2.31. The number of aryl methyl sites for hydroxylation is 1. The van der Waals surface area contributed by atoms with Gasteiger partial charge in [-0.25, -0.2) is 4.52 Å². The van der Waals surface area contributed by atoms with Crippen LogP contribution in [-0.4, -0.2) is 33.9 Å². The monoisotopic (exact) mass is 242 g/mol. The zero-order chi connectivity index (χ0) is 12.7. The SMILES string of the molecule is [B]N1CCCC[C@H]1c1cc2[nH]c(=O)cc(C)n2n1. The van der Waals surface area contributed by atoms with Crippen molar-refractivity contribution < 1.29 is 0 Å². The normalized spacial score (nSPS) is 21.5. The number of nitrogens with one attached hydrogen (secondary N) is 1. The molecule has 0 saturated carbocycles. The van der Waals surface area contributed by atoms with Crippen LogP contribution in [0.15, 0.2) is 16.9 Å². The number of aromatic amines is 1. The van der Waals surface area contributed by atoms with Gasteiger partial charge in [0.25, 0.3) is 5.56 Å². The van der Waals surface area contributed by atoms with Crippen LogP contribution < -0.4 is 5.56 Å². The second-order valence-corrected chi connectivity index (χ2v) is 4.89. The van der Waals surface area contributed by atoms with Crippen molar-refractivity contribution in [2.75, 3.05) is 6.54 Å². The Morgan fingerprint density at radius 2 is 2.28 bits per heavy atom. The van der Waals surface area contributed by atoms with E-state index < -0.39 is 0 Å². The lowest BCUT2D eigenvalue weighted by Crippen LogP contribution is -2.31. The Bertz CT molecular complexity index is 633. The number of piperidine rings is 1. The quantitative estimate of drug-likeness (QED) is 0.757. The zero-order valence-corrected chi connectivity index (χ0v) is 10.4. The predicted molar refractivity (Wildman–Crippen MR) is 69.6 cm³/mol. The second-order valence-electron chi connectivity index (χ2n) is 4.89. The molecule has 0 unspecified atom stereocenters. The summed E-state index contributed by atoms with van der Waals surface area (Å²) in [6.07, 6.45) is 3.32. The first kappa shape index (κ1) is 11.5. The molecule has 92 valence electrons. The molecule has 5 nitrogen and oxygen atoms in total. The molecule has 1 aliphatic rings. The molecule has 0 spiro atoms. The molecule has 18 heavy (non-hydrogen) atoms. The van der Waals surface area contributed by atoms with Crippen LogP contribution in [0.4, 0.5) is 0 Å². The van der Waals surface area contributed by atoms with Crippen molar-refractivity contribution in [3.8, 4) is 0 Å². The molecule has 3 rings (SSSR count). The number of hydrogen-bond acceptors (Lipinski definition) is 3. The Kier molecular flexibility index (Phi) is 2.74. The van der Waals surface area contributed by atoms with E-state index >= 15 is 0 Å². The van der Waals surface area contributed by atoms with Crippen LogP contribution in [0.3, 0.4) is 0 Å². The number of rotatable bonds is 1. The Hall–Kier alpha value is -1.56. The summed E-state index contributed by atoms with van der Waals surface area (Å²) >= 11 is 0. The van der Waals surface area contributed by atoms with Crippen molar-refractivity contribution in [1.82, 2.24) is 19.4 Å². The van der Waals surface area contributed by atoms with Gasteiger partial charge in [0.2, 0.25) is 0 Å². The minimum atomic E-state index is -0.0975. The largest absolute Gasteiger partial charge is 0.346 e. The first-order valence-corrected chi connectivity index (χ1v) is 6.26. The van der Waals surface area contributed by atoms with Crippen molar-refractivity contribution in [2.45, 2.75) is 32.2 Å². The van der Waals surface area contributed by atoms with Crippen LogP contribution >= 0.6 is 0 Å². The maximum atomic E-state index is 11.4. The van der Waals surface area contributed by atoms with Gasteiger partial charge in [-0.3, -0.25) is 4.79 Å². The topological polar surface area (TPSA) is 53.4 Å². The van der Waals surface area contributed by atoms with E-state index in [0.717, 1.165) is 36.4 Å². The van der Waals surface area contributed by atoms with E-state index in [-0.39, 0.29) is 11.6 Å². The molecule has 2 radical (unpaired) electrons. The first-order chi connectivity index (χ1) is 8.65. The van der Waals surface area contributed by atoms with Crippen molar-refractivity contribution in [2.24, 2.45) is 0 Å². The molecule has 1 atom stereocenters. The molecule has 0 bridgehead atoms. The van der Waals surface area contributed by atoms with Gasteiger partial charge in [-0.15, -0.1) is 0 Å². The van der Waals surface area contributed by atoms with Gasteiger partial charge in [0.05, 0.1) is 5.69 Å². The van der Waals surface area contributed by atoms with Crippen molar-refractivity contribution in [3.63, 3.8) is 0 Å². The molecule has 2 aromatic rings. The van der Waals surface area contributed by atoms with E-state index in [1.165, 1.54) is 6.42 Å². The van der Waals surface area contributed by atoms with E-state index in [4.69, 9.17) is 7.98 Å². The number of fused-ring (bicyclic) bond motifs is 1. The molecule has 0 aromatic carbocycles. The average Bonchev–Trinajstić information content (AvgIpc) is 2.73. The van der Waals surface area contributed by atoms with Crippen molar-refractivity contribution in [1.29, 1.82) is 0 Å². The van der Waals surface area contributed by atoms with Gasteiger partial charge in [-0.1, -0.05) is 6.42 Å². The first-order valence-electron chi connectivity index (χ1n) is 6.26. The summed E-state index contributed by atoms with van der Waals surface area (Å²) in [5.41, 5.74) is 2.40. The third-order valence-electron chi connectivity index (χ3n) is 3.54. The van der Waals surface area contributed by atoms with Crippen LogP contribution in [0.1, 0.15) is 36.7 Å². The van der Waals surface area contributed by atoms with Gasteiger partial charge in [0.1, 0.15) is 5.65 Å². The fourth-order valence-corrected chi connectivity index (χ4v) is 2.60. The van der Waals surface area contributed by atoms with Gasteiger partial charge >= 0.3 is 0 Å². The third kappa shape index (κ3) is 1.86. The zero-order valence-electron chi connectivity index (χ0n) is 10.4. The van der Waals surface area contributed by atoms with E-state index in [9.17, 15) is 4.79 Å². The van der Waals surface area contributed by atoms with Crippen molar-refractivity contribution >= 4 is 13.6 Å². The van der Waals surface area contributed by atoms with Crippen LogP contribution in [0.5, 0.6) is 0 Å². The standard InChI is InChI=1S/C12H15BN4O/c1-8-6-12(18)14-11-7-9(15-17(8)11)10-4-2-3-5-16(10)13/h6-7,10H,2-5H2,1H3,(H,14,18)/t10-/m0/s1. The summed E-state index contributed by atoms with van der Waals surface area (Å²) in [6, 6.07) is 3.62. The highest BCUT2D eigenvalue weighted by Crippen LogP contribution is 2.28. The van der Waals surface area contributed by atoms with Crippen LogP contribution in [-0.2, 0) is 0 Å². The second kappa shape index (κ2) is 4.28. The summed E-state index contributed by atoms with van der Waals surface area (Å²) in [6.45, 7) is 2.77. The number of hydrogen-bond donors (Lipinski definition) is 1. The molecular formula is C12H15BN4O. The Labute approximate surface area is 106 Å². The molecule has 1 fully saturated rings.